The van der Waals surface area contributed by atoms with Crippen molar-refractivity contribution in [2.75, 3.05) is 26.4 Å². The van der Waals surface area contributed by atoms with Crippen molar-refractivity contribution in [3.05, 3.63) is 0 Å². The molecule has 76 valence electrons. The van der Waals surface area contributed by atoms with Gasteiger partial charge in [0.2, 0.25) is 5.91 Å². The first kappa shape index (κ1) is 10.9. The number of carbonyl (C=O) groups excluding carboxylic acids is 1. The Labute approximate surface area is 84.0 Å². The first-order valence-electron chi connectivity index (χ1n) is 4.69. The van der Waals surface area contributed by atoms with Crippen LogP contribution in [0.2, 0.25) is 0 Å². The quantitative estimate of drug-likeness (QED) is 0.686. The van der Waals surface area contributed by atoms with E-state index in [0.717, 1.165) is 6.54 Å². The number of hydrogen-bond donors (Lipinski definition) is 2. The van der Waals surface area contributed by atoms with Crippen molar-refractivity contribution < 1.29 is 4.79 Å². The summed E-state index contributed by atoms with van der Waals surface area (Å²) in [7, 11) is 1.66. The number of carbonyl (C=O) groups is 1. The number of rotatable bonds is 5. The molecule has 0 unspecified atom stereocenters. The van der Waals surface area contributed by atoms with Gasteiger partial charge < -0.3 is 10.6 Å². The van der Waals surface area contributed by atoms with Gasteiger partial charge in [-0.15, -0.1) is 0 Å². The fraction of sp³-hybridized carbons (Fsp3) is 0.889. The molecular weight excluding hydrogens is 184 g/mol. The maximum absolute atomic E-state index is 10.9. The Hall–Kier alpha value is -0.220. The van der Waals surface area contributed by atoms with Crippen molar-refractivity contribution in [2.24, 2.45) is 0 Å². The van der Waals surface area contributed by atoms with Gasteiger partial charge in [-0.25, -0.2) is 0 Å². The topological polar surface area (TPSA) is 41.1 Å². The SMILES string of the molecule is CNC(=O)CNCC1(SC)CCC1. The lowest BCUT2D eigenvalue weighted by atomic mass is 9.84. The van der Waals surface area contributed by atoms with Gasteiger partial charge in [0.05, 0.1) is 6.54 Å². The Balaban J connectivity index is 2.14. The van der Waals surface area contributed by atoms with Crippen LogP contribution in [0.4, 0.5) is 0 Å². The van der Waals surface area contributed by atoms with Crippen LogP contribution in [0.1, 0.15) is 19.3 Å². The third-order valence-corrected chi connectivity index (χ3v) is 4.13. The minimum atomic E-state index is 0.0653. The van der Waals surface area contributed by atoms with E-state index in [1.54, 1.807) is 7.05 Å². The molecule has 0 radical (unpaired) electrons. The second-order valence-electron chi connectivity index (χ2n) is 3.52. The molecule has 1 aliphatic carbocycles. The molecule has 0 bridgehead atoms. The third kappa shape index (κ3) is 2.88. The van der Waals surface area contributed by atoms with Gasteiger partial charge in [0, 0.05) is 18.3 Å². The Bertz CT molecular complexity index is 175. The zero-order valence-corrected chi connectivity index (χ0v) is 9.17. The summed E-state index contributed by atoms with van der Waals surface area (Å²) in [5.41, 5.74) is 0. The van der Waals surface area contributed by atoms with Gasteiger partial charge in [-0.3, -0.25) is 4.79 Å². The monoisotopic (exact) mass is 202 g/mol. The zero-order chi connectivity index (χ0) is 9.73. The van der Waals surface area contributed by atoms with E-state index in [9.17, 15) is 4.79 Å². The summed E-state index contributed by atoms with van der Waals surface area (Å²) < 4.78 is 0.425. The molecule has 13 heavy (non-hydrogen) atoms. The smallest absolute Gasteiger partial charge is 0.233 e. The molecule has 0 aromatic carbocycles. The summed E-state index contributed by atoms with van der Waals surface area (Å²) in [6, 6.07) is 0. The second kappa shape index (κ2) is 4.86. The van der Waals surface area contributed by atoms with Crippen LogP contribution in [0.25, 0.3) is 0 Å². The molecule has 4 heteroatoms. The maximum Gasteiger partial charge on any atom is 0.233 e. The van der Waals surface area contributed by atoms with Gasteiger partial charge in [-0.2, -0.15) is 11.8 Å². The van der Waals surface area contributed by atoms with Gasteiger partial charge in [0.25, 0.3) is 0 Å². The first-order chi connectivity index (χ1) is 6.22. The molecule has 1 saturated carbocycles. The van der Waals surface area contributed by atoms with E-state index in [4.69, 9.17) is 0 Å². The van der Waals surface area contributed by atoms with Crippen LogP contribution in [0.5, 0.6) is 0 Å². The average Bonchev–Trinajstić information content (AvgIpc) is 2.09. The highest BCUT2D eigenvalue weighted by atomic mass is 32.2. The lowest BCUT2D eigenvalue weighted by Crippen LogP contribution is -2.45. The highest BCUT2D eigenvalue weighted by Gasteiger charge is 2.35. The van der Waals surface area contributed by atoms with Crippen molar-refractivity contribution in [1.29, 1.82) is 0 Å². The number of likely N-dealkylation sites (N-methyl/N-ethyl adjacent to an activating group) is 1. The highest BCUT2D eigenvalue weighted by Crippen LogP contribution is 2.41. The minimum Gasteiger partial charge on any atom is -0.358 e. The minimum absolute atomic E-state index is 0.0653. The third-order valence-electron chi connectivity index (χ3n) is 2.71. The number of thioether (sulfide) groups is 1. The van der Waals surface area contributed by atoms with Crippen LogP contribution in [-0.2, 0) is 4.79 Å². The Morgan fingerprint density at radius 1 is 1.54 bits per heavy atom. The number of nitrogens with one attached hydrogen (secondary N) is 2. The average molecular weight is 202 g/mol. The Morgan fingerprint density at radius 3 is 2.62 bits per heavy atom. The molecule has 3 nitrogen and oxygen atoms in total. The number of hydrogen-bond acceptors (Lipinski definition) is 3. The van der Waals surface area contributed by atoms with E-state index in [1.165, 1.54) is 19.3 Å². The van der Waals surface area contributed by atoms with E-state index < -0.39 is 0 Å². The Morgan fingerprint density at radius 2 is 2.23 bits per heavy atom. The van der Waals surface area contributed by atoms with Crippen molar-refractivity contribution in [2.45, 2.75) is 24.0 Å². The second-order valence-corrected chi connectivity index (χ2v) is 4.79. The molecule has 1 rings (SSSR count). The lowest BCUT2D eigenvalue weighted by molar-refractivity contribution is -0.119. The molecule has 1 aliphatic rings. The standard InChI is InChI=1S/C9H18N2OS/c1-10-8(12)6-11-7-9(13-2)4-3-5-9/h11H,3-7H2,1-2H3,(H,10,12). The predicted molar refractivity (Wildman–Crippen MR) is 57.0 cm³/mol. The van der Waals surface area contributed by atoms with Gasteiger partial charge >= 0.3 is 0 Å². The van der Waals surface area contributed by atoms with Crippen molar-refractivity contribution in [1.82, 2.24) is 10.6 Å². The van der Waals surface area contributed by atoms with Crippen LogP contribution in [0, 0.1) is 0 Å². The molecule has 0 heterocycles. The predicted octanol–water partition coefficient (Wildman–Crippen LogP) is 0.608. The summed E-state index contributed by atoms with van der Waals surface area (Å²) >= 11 is 1.92. The summed E-state index contributed by atoms with van der Waals surface area (Å²) in [6.07, 6.45) is 6.06. The summed E-state index contributed by atoms with van der Waals surface area (Å²) in [5.74, 6) is 0.0653. The molecule has 0 aliphatic heterocycles. The van der Waals surface area contributed by atoms with Crippen LogP contribution in [-0.4, -0.2) is 37.0 Å². The van der Waals surface area contributed by atoms with Gasteiger partial charge in [-0.05, 0) is 19.1 Å². The summed E-state index contributed by atoms with van der Waals surface area (Å²) in [5, 5.41) is 5.79. The normalized spacial score (nSPS) is 19.2. The van der Waals surface area contributed by atoms with E-state index in [2.05, 4.69) is 16.9 Å². The maximum atomic E-state index is 10.9. The molecule has 2 N–H and O–H groups in total. The van der Waals surface area contributed by atoms with E-state index >= 15 is 0 Å². The van der Waals surface area contributed by atoms with Crippen molar-refractivity contribution in [3.63, 3.8) is 0 Å². The highest BCUT2D eigenvalue weighted by molar-refractivity contribution is 8.00. The van der Waals surface area contributed by atoms with Crippen LogP contribution in [0.3, 0.4) is 0 Å². The van der Waals surface area contributed by atoms with Crippen molar-refractivity contribution in [3.8, 4) is 0 Å². The van der Waals surface area contributed by atoms with Crippen LogP contribution in [0.15, 0.2) is 0 Å². The summed E-state index contributed by atoms with van der Waals surface area (Å²) in [4.78, 5) is 10.9. The molecule has 0 aromatic rings. The first-order valence-corrected chi connectivity index (χ1v) is 5.91. The number of amides is 1. The molecule has 0 spiro atoms. The largest absolute Gasteiger partial charge is 0.358 e. The molecule has 1 fully saturated rings. The van der Waals surface area contributed by atoms with E-state index in [-0.39, 0.29) is 5.91 Å². The van der Waals surface area contributed by atoms with Gasteiger partial charge in [0.15, 0.2) is 0 Å². The van der Waals surface area contributed by atoms with E-state index in [1.807, 2.05) is 11.8 Å². The van der Waals surface area contributed by atoms with Crippen LogP contribution < -0.4 is 10.6 Å². The molecule has 0 atom stereocenters. The van der Waals surface area contributed by atoms with E-state index in [0.29, 0.717) is 11.3 Å². The fourth-order valence-corrected chi connectivity index (χ4v) is 2.46. The zero-order valence-electron chi connectivity index (χ0n) is 8.35. The molecular formula is C9H18N2OS. The van der Waals surface area contributed by atoms with Crippen molar-refractivity contribution >= 4 is 17.7 Å². The van der Waals surface area contributed by atoms with Crippen LogP contribution >= 0.6 is 11.8 Å². The summed E-state index contributed by atoms with van der Waals surface area (Å²) in [6.45, 7) is 1.40. The lowest BCUT2D eigenvalue weighted by Gasteiger charge is -2.40. The Kier molecular flexibility index (Phi) is 4.06. The fourth-order valence-electron chi connectivity index (χ4n) is 1.52. The van der Waals surface area contributed by atoms with Gasteiger partial charge in [0.1, 0.15) is 0 Å². The van der Waals surface area contributed by atoms with Gasteiger partial charge in [-0.1, -0.05) is 6.42 Å². The molecule has 1 amide bonds. The molecule has 0 aromatic heterocycles. The molecule has 0 saturated heterocycles.